The van der Waals surface area contributed by atoms with Crippen LogP contribution >= 0.6 is 0 Å². The molecule has 1 saturated carbocycles. The zero-order valence-corrected chi connectivity index (χ0v) is 9.08. The lowest BCUT2D eigenvalue weighted by Crippen LogP contribution is -2.06. The third kappa shape index (κ3) is 1.82. The van der Waals surface area contributed by atoms with Gasteiger partial charge in [-0.15, -0.1) is 0 Å². The van der Waals surface area contributed by atoms with E-state index in [0.29, 0.717) is 0 Å². The lowest BCUT2D eigenvalue weighted by Gasteiger charge is -2.07. The van der Waals surface area contributed by atoms with E-state index in [4.69, 9.17) is 0 Å². The molecule has 0 aliphatic heterocycles. The van der Waals surface area contributed by atoms with Crippen LogP contribution in [0.5, 0.6) is 0 Å². The van der Waals surface area contributed by atoms with Gasteiger partial charge >= 0.3 is 0 Å². The third-order valence-corrected chi connectivity index (χ3v) is 3.10. The molecule has 0 radical (unpaired) electrons. The third-order valence-electron chi connectivity index (χ3n) is 3.10. The highest BCUT2D eigenvalue weighted by molar-refractivity contribution is 5.15. The summed E-state index contributed by atoms with van der Waals surface area (Å²) in [6, 6.07) is 2.26. The monoisotopic (exact) mass is 193 g/mol. The molecule has 2 rings (SSSR count). The minimum absolute atomic E-state index is 0.762. The Balaban J connectivity index is 2.15. The van der Waals surface area contributed by atoms with E-state index < -0.39 is 0 Å². The topological polar surface area (TPSA) is 29.9 Å². The molecule has 1 fully saturated rings. The summed E-state index contributed by atoms with van der Waals surface area (Å²) >= 11 is 0. The Morgan fingerprint density at radius 1 is 1.50 bits per heavy atom. The molecule has 1 aliphatic rings. The van der Waals surface area contributed by atoms with Crippen LogP contribution in [0.4, 0.5) is 0 Å². The highest BCUT2D eigenvalue weighted by Gasteiger charge is 2.20. The molecule has 0 spiro atoms. The second-order valence-corrected chi connectivity index (χ2v) is 4.20. The van der Waals surface area contributed by atoms with Gasteiger partial charge in [0.1, 0.15) is 0 Å². The van der Waals surface area contributed by atoms with Crippen molar-refractivity contribution in [2.45, 2.75) is 38.1 Å². The molecule has 1 heterocycles. The molecule has 0 saturated heterocycles. The second-order valence-electron chi connectivity index (χ2n) is 4.20. The lowest BCUT2D eigenvalue weighted by atomic mass is 10.0. The van der Waals surface area contributed by atoms with Crippen molar-refractivity contribution in [2.24, 2.45) is 7.05 Å². The molecular weight excluding hydrogens is 174 g/mol. The van der Waals surface area contributed by atoms with Gasteiger partial charge in [-0.3, -0.25) is 4.68 Å². The number of aryl methyl sites for hydroxylation is 1. The van der Waals surface area contributed by atoms with Crippen molar-refractivity contribution >= 4 is 0 Å². The molecule has 0 bridgehead atoms. The van der Waals surface area contributed by atoms with Gasteiger partial charge in [0.05, 0.1) is 5.69 Å². The maximum absolute atomic E-state index is 4.50. The average Bonchev–Trinajstić information content (AvgIpc) is 2.74. The molecule has 1 aromatic heterocycles. The molecule has 14 heavy (non-hydrogen) atoms. The first-order chi connectivity index (χ1) is 6.81. The smallest absolute Gasteiger partial charge is 0.0765 e. The molecule has 0 aromatic carbocycles. The van der Waals surface area contributed by atoms with Crippen LogP contribution in [0.15, 0.2) is 6.07 Å². The van der Waals surface area contributed by atoms with E-state index in [1.165, 1.54) is 31.4 Å². The molecule has 0 amide bonds. The van der Waals surface area contributed by atoms with Crippen molar-refractivity contribution in [3.8, 4) is 0 Å². The first-order valence-electron chi connectivity index (χ1n) is 5.48. The number of hydrogen-bond donors (Lipinski definition) is 1. The van der Waals surface area contributed by atoms with Crippen molar-refractivity contribution in [3.05, 3.63) is 17.5 Å². The van der Waals surface area contributed by atoms with Gasteiger partial charge in [-0.2, -0.15) is 5.10 Å². The van der Waals surface area contributed by atoms with Gasteiger partial charge in [0.2, 0.25) is 0 Å². The van der Waals surface area contributed by atoms with Gasteiger partial charge in [0.25, 0.3) is 0 Å². The summed E-state index contributed by atoms with van der Waals surface area (Å²) in [4.78, 5) is 0. The lowest BCUT2D eigenvalue weighted by molar-refractivity contribution is 0.611. The molecule has 0 unspecified atom stereocenters. The number of hydrogen-bond acceptors (Lipinski definition) is 2. The number of nitrogens with one attached hydrogen (secondary N) is 1. The molecule has 3 nitrogen and oxygen atoms in total. The van der Waals surface area contributed by atoms with Gasteiger partial charge < -0.3 is 5.32 Å². The summed E-state index contributed by atoms with van der Waals surface area (Å²) in [6.07, 6.45) is 5.46. The van der Waals surface area contributed by atoms with E-state index in [9.17, 15) is 0 Å². The minimum Gasteiger partial charge on any atom is -0.314 e. The second kappa shape index (κ2) is 4.13. The Bertz CT molecular complexity index is 297. The molecule has 0 atom stereocenters. The standard InChI is InChI=1S/C11H19N3/c1-12-8-10-7-11(14(2)13-10)9-5-3-4-6-9/h7,9,12H,3-6,8H2,1-2H3. The number of nitrogens with zero attached hydrogens (tertiary/aromatic N) is 2. The molecule has 78 valence electrons. The Morgan fingerprint density at radius 2 is 2.21 bits per heavy atom. The fourth-order valence-electron chi connectivity index (χ4n) is 2.41. The van der Waals surface area contributed by atoms with Gasteiger partial charge in [-0.25, -0.2) is 0 Å². The van der Waals surface area contributed by atoms with E-state index >= 15 is 0 Å². The van der Waals surface area contributed by atoms with Crippen LogP contribution in [0.1, 0.15) is 43.0 Å². The van der Waals surface area contributed by atoms with Gasteiger partial charge in [0, 0.05) is 25.2 Å². The van der Waals surface area contributed by atoms with Crippen LogP contribution < -0.4 is 5.32 Å². The molecule has 3 heteroatoms. The van der Waals surface area contributed by atoms with Crippen molar-refractivity contribution in [1.29, 1.82) is 0 Å². The Labute approximate surface area is 85.5 Å². The molecule has 1 aliphatic carbocycles. The molecule has 1 aromatic rings. The fraction of sp³-hybridized carbons (Fsp3) is 0.727. The molecular formula is C11H19N3. The van der Waals surface area contributed by atoms with Gasteiger partial charge in [-0.1, -0.05) is 12.8 Å². The summed E-state index contributed by atoms with van der Waals surface area (Å²) in [6.45, 7) is 0.876. The van der Waals surface area contributed by atoms with Crippen LogP contribution in [0, 0.1) is 0 Å². The van der Waals surface area contributed by atoms with Gasteiger partial charge in [0.15, 0.2) is 0 Å². The zero-order valence-electron chi connectivity index (χ0n) is 9.08. The highest BCUT2D eigenvalue weighted by Crippen LogP contribution is 2.33. The highest BCUT2D eigenvalue weighted by atomic mass is 15.3. The first-order valence-corrected chi connectivity index (χ1v) is 5.48. The number of aromatic nitrogens is 2. The normalized spacial score (nSPS) is 17.9. The summed E-state index contributed by atoms with van der Waals surface area (Å²) < 4.78 is 2.06. The van der Waals surface area contributed by atoms with Crippen LogP contribution in [0.25, 0.3) is 0 Å². The summed E-state index contributed by atoms with van der Waals surface area (Å²) in [5.41, 5.74) is 2.59. The van der Waals surface area contributed by atoms with Crippen LogP contribution in [-0.4, -0.2) is 16.8 Å². The SMILES string of the molecule is CNCc1cc(C2CCCC2)n(C)n1. The maximum atomic E-state index is 4.50. The van der Waals surface area contributed by atoms with E-state index in [-0.39, 0.29) is 0 Å². The minimum atomic E-state index is 0.762. The first kappa shape index (κ1) is 9.71. The van der Waals surface area contributed by atoms with E-state index in [1.54, 1.807) is 0 Å². The summed E-state index contributed by atoms with van der Waals surface area (Å²) in [5.74, 6) is 0.762. The quantitative estimate of drug-likeness (QED) is 0.793. The van der Waals surface area contributed by atoms with E-state index in [0.717, 1.165) is 18.2 Å². The van der Waals surface area contributed by atoms with Crippen molar-refractivity contribution in [2.75, 3.05) is 7.05 Å². The fourth-order valence-corrected chi connectivity index (χ4v) is 2.41. The Morgan fingerprint density at radius 3 is 2.86 bits per heavy atom. The molecule has 1 N–H and O–H groups in total. The summed E-state index contributed by atoms with van der Waals surface area (Å²) in [7, 11) is 4.02. The predicted molar refractivity (Wildman–Crippen MR) is 57.2 cm³/mol. The average molecular weight is 193 g/mol. The van der Waals surface area contributed by atoms with Crippen LogP contribution in [0.2, 0.25) is 0 Å². The van der Waals surface area contributed by atoms with Crippen molar-refractivity contribution in [3.63, 3.8) is 0 Å². The Hall–Kier alpha value is -0.830. The summed E-state index contributed by atoms with van der Waals surface area (Å²) in [5, 5.41) is 7.64. The maximum Gasteiger partial charge on any atom is 0.0765 e. The largest absolute Gasteiger partial charge is 0.314 e. The Kier molecular flexibility index (Phi) is 2.87. The van der Waals surface area contributed by atoms with Crippen LogP contribution in [-0.2, 0) is 13.6 Å². The van der Waals surface area contributed by atoms with E-state index in [1.807, 2.05) is 7.05 Å². The van der Waals surface area contributed by atoms with Gasteiger partial charge in [-0.05, 0) is 26.0 Å². The van der Waals surface area contributed by atoms with Crippen molar-refractivity contribution < 1.29 is 0 Å². The predicted octanol–water partition coefficient (Wildman–Crippen LogP) is 1.80. The van der Waals surface area contributed by atoms with Crippen LogP contribution in [0.3, 0.4) is 0 Å². The van der Waals surface area contributed by atoms with E-state index in [2.05, 4.69) is 28.2 Å². The zero-order chi connectivity index (χ0) is 9.97. The van der Waals surface area contributed by atoms with Crippen molar-refractivity contribution in [1.82, 2.24) is 15.1 Å². The number of rotatable bonds is 3.